The predicted molar refractivity (Wildman–Crippen MR) is 151 cm³/mol. The van der Waals surface area contributed by atoms with E-state index in [1.54, 1.807) is 13.8 Å². The van der Waals surface area contributed by atoms with Gasteiger partial charge in [0.25, 0.3) is 0 Å². The van der Waals surface area contributed by atoms with Crippen LogP contribution in [-0.4, -0.2) is 176 Å². The molecule has 20 atom stereocenters. The van der Waals surface area contributed by atoms with Crippen LogP contribution in [0.5, 0.6) is 0 Å². The number of alkyl halides is 1. The number of halogens is 1. The zero-order chi connectivity index (χ0) is 34.2. The summed E-state index contributed by atoms with van der Waals surface area (Å²) in [5.41, 5.74) is 0. The Morgan fingerprint density at radius 2 is 1.07 bits per heavy atom. The molecule has 4 aliphatic heterocycles. The van der Waals surface area contributed by atoms with Gasteiger partial charge >= 0.3 is 5.97 Å². The van der Waals surface area contributed by atoms with Gasteiger partial charge in [-0.15, -0.1) is 11.6 Å². The molecular formula is C28H47ClO17. The van der Waals surface area contributed by atoms with E-state index < -0.39 is 141 Å². The van der Waals surface area contributed by atoms with Crippen LogP contribution < -0.4 is 0 Å². The highest BCUT2D eigenvalue weighted by molar-refractivity contribution is 6.26. The van der Waals surface area contributed by atoms with Gasteiger partial charge in [0.05, 0.1) is 37.1 Å². The normalized spacial score (nSPS) is 51.9. The minimum absolute atomic E-state index is 0.442. The fraction of sp³-hybridized carbons (Fsp3) is 0.964. The summed E-state index contributed by atoms with van der Waals surface area (Å²) in [4.78, 5) is 12.5. The molecule has 8 N–H and O–H groups in total. The van der Waals surface area contributed by atoms with Crippen molar-refractivity contribution >= 4 is 17.6 Å². The summed E-state index contributed by atoms with van der Waals surface area (Å²) in [5, 5.41) is 84.4. The highest BCUT2D eigenvalue weighted by atomic mass is 35.5. The molecule has 0 aromatic heterocycles. The third-order valence-corrected chi connectivity index (χ3v) is 9.37. The predicted octanol–water partition coefficient (Wildman–Crippen LogP) is -3.53. The van der Waals surface area contributed by atoms with Crippen molar-refractivity contribution in [3.63, 3.8) is 0 Å². The molecule has 0 bridgehead atoms. The smallest absolute Gasteiger partial charge is 0.321 e. The van der Waals surface area contributed by atoms with Crippen LogP contribution >= 0.6 is 11.6 Å². The number of aliphatic hydroxyl groups is 8. The summed E-state index contributed by atoms with van der Waals surface area (Å²) < 4.78 is 46.5. The lowest BCUT2D eigenvalue weighted by Gasteiger charge is -2.49. The molecule has 0 aromatic rings. The maximum atomic E-state index is 12.5. The second-order valence-electron chi connectivity index (χ2n) is 12.4. The number of hydrogen-bond donors (Lipinski definition) is 8. The molecule has 0 aromatic carbocycles. The Kier molecular flexibility index (Phi) is 13.0. The summed E-state index contributed by atoms with van der Waals surface area (Å²) in [6, 6.07) is 0. The zero-order valence-corrected chi connectivity index (χ0v) is 26.8. The van der Waals surface area contributed by atoms with Gasteiger partial charge < -0.3 is 78.7 Å². The van der Waals surface area contributed by atoms with Gasteiger partial charge in [-0.2, -0.15) is 0 Å². The molecular weight excluding hydrogens is 644 g/mol. The largest absolute Gasteiger partial charge is 0.453 e. The molecule has 4 heterocycles. The summed E-state index contributed by atoms with van der Waals surface area (Å²) in [6.07, 6.45) is -25.9. The van der Waals surface area contributed by atoms with E-state index >= 15 is 0 Å². The van der Waals surface area contributed by atoms with E-state index in [-0.39, 0.29) is 0 Å². The molecule has 4 fully saturated rings. The van der Waals surface area contributed by atoms with Crippen LogP contribution in [0.4, 0.5) is 0 Å². The first kappa shape index (κ1) is 38.0. The number of carbonyl (C=O) groups excluding carboxylic acids is 1. The van der Waals surface area contributed by atoms with Gasteiger partial charge in [0, 0.05) is 5.92 Å². The molecule has 0 amide bonds. The summed E-state index contributed by atoms with van der Waals surface area (Å²) in [6.45, 7) is 7.31. The van der Waals surface area contributed by atoms with E-state index in [0.29, 0.717) is 0 Å². The third kappa shape index (κ3) is 7.80. The second-order valence-corrected chi connectivity index (χ2v) is 12.6. The Bertz CT molecular complexity index is 996. The van der Waals surface area contributed by atoms with Crippen LogP contribution in [0.25, 0.3) is 0 Å². The highest BCUT2D eigenvalue weighted by Crippen LogP contribution is 2.36. The van der Waals surface area contributed by atoms with Crippen molar-refractivity contribution in [2.75, 3.05) is 12.5 Å². The lowest BCUT2D eigenvalue weighted by Crippen LogP contribution is -2.67. The monoisotopic (exact) mass is 690 g/mol. The summed E-state index contributed by atoms with van der Waals surface area (Å²) in [5.74, 6) is -1.98. The topological polar surface area (TPSA) is 253 Å². The molecule has 268 valence electrons. The van der Waals surface area contributed by atoms with Gasteiger partial charge in [0.15, 0.2) is 25.0 Å². The molecule has 0 spiro atoms. The van der Waals surface area contributed by atoms with Crippen LogP contribution in [0.2, 0.25) is 0 Å². The minimum atomic E-state index is -1.78. The van der Waals surface area contributed by atoms with E-state index in [0.717, 1.165) is 0 Å². The number of ether oxygens (including phenoxy) is 8. The molecule has 8 unspecified atom stereocenters. The molecule has 4 saturated heterocycles. The average Bonchev–Trinajstić information content (AvgIpc) is 3.02. The highest BCUT2D eigenvalue weighted by Gasteiger charge is 2.55. The fourth-order valence-electron chi connectivity index (χ4n) is 6.03. The number of esters is 1. The van der Waals surface area contributed by atoms with E-state index in [9.17, 15) is 45.6 Å². The van der Waals surface area contributed by atoms with E-state index in [1.165, 1.54) is 20.8 Å². The van der Waals surface area contributed by atoms with Crippen LogP contribution in [-0.2, 0) is 42.7 Å². The number of hydrogen-bond acceptors (Lipinski definition) is 17. The Labute approximate surface area is 270 Å². The van der Waals surface area contributed by atoms with Gasteiger partial charge in [-0.05, 0) is 27.7 Å². The van der Waals surface area contributed by atoms with Crippen LogP contribution in [0.3, 0.4) is 0 Å². The SMILES string of the molecule is CC1[C@H](C)OC(CO)[C@@H](O)[C@@H]1O[C@@H]1OC(C)[C@H](O)[C@H](O[C@@H]2OC(C)[C@H](O)[C@H](O)C2O[C@@H]2OC(C)[C@H](O)[C@H](O)C2O)C1OC(=O)CCl. The Morgan fingerprint density at radius 1 is 0.565 bits per heavy atom. The van der Waals surface area contributed by atoms with Crippen molar-refractivity contribution in [2.24, 2.45) is 5.92 Å². The number of rotatable bonds is 9. The van der Waals surface area contributed by atoms with Crippen molar-refractivity contribution in [3.05, 3.63) is 0 Å². The second kappa shape index (κ2) is 15.8. The average molecular weight is 691 g/mol. The van der Waals surface area contributed by atoms with Gasteiger partial charge in [0.2, 0.25) is 0 Å². The minimum Gasteiger partial charge on any atom is -0.453 e. The van der Waals surface area contributed by atoms with Crippen LogP contribution in [0, 0.1) is 5.92 Å². The third-order valence-electron chi connectivity index (χ3n) is 9.15. The Morgan fingerprint density at radius 3 is 1.65 bits per heavy atom. The van der Waals surface area contributed by atoms with Crippen molar-refractivity contribution in [1.82, 2.24) is 0 Å². The van der Waals surface area contributed by atoms with Gasteiger partial charge in [-0.3, -0.25) is 4.79 Å². The van der Waals surface area contributed by atoms with E-state index in [4.69, 9.17) is 49.5 Å². The van der Waals surface area contributed by atoms with E-state index in [2.05, 4.69) is 0 Å². The molecule has 0 aliphatic carbocycles. The first-order chi connectivity index (χ1) is 21.6. The standard InChI is InChI=1S/C28H47ClO17/c1-8-9(2)39-13(7-30)18(35)22(8)44-28-25(43-14(31)6-29)23(17(34)12(5)42-28)45-27-24(20(37)16(33)11(4)41-27)46-26-21(38)19(36)15(32)10(3)40-26/h8-13,15-28,30,32-38H,6-7H2,1-5H3/t8?,9-,10?,11?,12?,13?,15-,16-,17-,18+,19-,20-,21?,22+,23-,24?,25?,26-,27-,28-/m0/s1. The van der Waals surface area contributed by atoms with Crippen molar-refractivity contribution in [2.45, 2.75) is 151 Å². The zero-order valence-electron chi connectivity index (χ0n) is 26.1. The molecule has 4 rings (SSSR count). The number of aliphatic hydroxyl groups excluding tert-OH is 8. The molecule has 0 radical (unpaired) electrons. The van der Waals surface area contributed by atoms with Crippen molar-refractivity contribution in [3.8, 4) is 0 Å². The summed E-state index contributed by atoms with van der Waals surface area (Å²) >= 11 is 5.73. The van der Waals surface area contributed by atoms with Gasteiger partial charge in [0.1, 0.15) is 66.9 Å². The maximum absolute atomic E-state index is 12.5. The Balaban J connectivity index is 1.63. The first-order valence-electron chi connectivity index (χ1n) is 15.3. The Hall–Kier alpha value is -0.840. The number of carbonyl (C=O) groups is 1. The van der Waals surface area contributed by atoms with Crippen molar-refractivity contribution in [1.29, 1.82) is 0 Å². The van der Waals surface area contributed by atoms with Gasteiger partial charge in [-0.25, -0.2) is 0 Å². The van der Waals surface area contributed by atoms with Gasteiger partial charge in [-0.1, -0.05) is 6.92 Å². The summed E-state index contributed by atoms with van der Waals surface area (Å²) in [7, 11) is 0. The fourth-order valence-corrected chi connectivity index (χ4v) is 6.09. The first-order valence-corrected chi connectivity index (χ1v) is 15.9. The lowest BCUT2D eigenvalue weighted by molar-refractivity contribution is -0.388. The van der Waals surface area contributed by atoms with E-state index in [1.807, 2.05) is 0 Å². The maximum Gasteiger partial charge on any atom is 0.321 e. The molecule has 18 heteroatoms. The molecule has 17 nitrogen and oxygen atoms in total. The van der Waals surface area contributed by atoms with Crippen LogP contribution in [0.1, 0.15) is 34.6 Å². The van der Waals surface area contributed by atoms with Crippen LogP contribution in [0.15, 0.2) is 0 Å². The van der Waals surface area contributed by atoms with Crippen molar-refractivity contribution < 1.29 is 83.5 Å². The molecule has 4 aliphatic rings. The molecule has 46 heavy (non-hydrogen) atoms. The molecule has 0 saturated carbocycles. The quantitative estimate of drug-likeness (QED) is 0.0862. The lowest BCUT2D eigenvalue weighted by atomic mass is 9.88.